The molecule has 0 amide bonds. The number of aromatic nitrogens is 1. The van der Waals surface area contributed by atoms with Gasteiger partial charge in [-0.05, 0) is 5.16 Å². The predicted molar refractivity (Wildman–Crippen MR) is 35.0 cm³/mol. The van der Waals surface area contributed by atoms with Crippen LogP contribution < -0.4 is 4.74 Å². The summed E-state index contributed by atoms with van der Waals surface area (Å²) in [7, 11) is 1.31. The van der Waals surface area contributed by atoms with Crippen molar-refractivity contribution >= 4 is 17.6 Å². The van der Waals surface area contributed by atoms with E-state index in [2.05, 4.69) is 14.4 Å². The minimum Gasteiger partial charge on any atom is -0.478 e. The predicted octanol–water partition coefficient (Wildman–Crippen LogP) is 1.03. The summed E-state index contributed by atoms with van der Waals surface area (Å²) < 4.78 is 8.92. The highest BCUT2D eigenvalue weighted by molar-refractivity contribution is 6.34. The summed E-state index contributed by atoms with van der Waals surface area (Å²) in [6.07, 6.45) is 0. The average molecular weight is 178 g/mol. The Bertz CT molecular complexity index is 282. The first-order chi connectivity index (χ1) is 5.16. The molecule has 6 heteroatoms. The monoisotopic (exact) mass is 177 g/mol. The van der Waals surface area contributed by atoms with Crippen LogP contribution in [0.1, 0.15) is 10.6 Å². The van der Waals surface area contributed by atoms with Crippen LogP contribution in [-0.4, -0.2) is 23.3 Å². The van der Waals surface area contributed by atoms with Crippen molar-refractivity contribution in [2.24, 2.45) is 0 Å². The van der Waals surface area contributed by atoms with E-state index >= 15 is 0 Å². The second-order valence-corrected chi connectivity index (χ2v) is 2.02. The molecule has 0 aromatic carbocycles. The third-order valence-corrected chi connectivity index (χ3v) is 1.33. The summed E-state index contributed by atoms with van der Waals surface area (Å²) >= 11 is 5.46. The van der Waals surface area contributed by atoms with Crippen molar-refractivity contribution in [3.63, 3.8) is 0 Å². The lowest BCUT2D eigenvalue weighted by Gasteiger charge is -1.88. The number of methoxy groups -OCH3 is 1. The molecule has 1 N–H and O–H groups in total. The highest BCUT2D eigenvalue weighted by atomic mass is 35.5. The van der Waals surface area contributed by atoms with Crippen LogP contribution in [0.25, 0.3) is 0 Å². The standard InChI is InChI=1S/C5H4ClNO4/c1-10-4-2(6)3(5(8)9)11-7-4/h1H3,(H,8,9). The van der Waals surface area contributed by atoms with E-state index < -0.39 is 11.7 Å². The smallest absolute Gasteiger partial charge is 0.376 e. The molecule has 0 aliphatic carbocycles. The van der Waals surface area contributed by atoms with Gasteiger partial charge in [0.25, 0.3) is 11.6 Å². The number of aromatic carboxylic acids is 1. The van der Waals surface area contributed by atoms with Crippen molar-refractivity contribution in [3.05, 3.63) is 10.8 Å². The summed E-state index contributed by atoms with van der Waals surface area (Å²) in [6, 6.07) is 0. The van der Waals surface area contributed by atoms with Gasteiger partial charge in [-0.1, -0.05) is 11.6 Å². The number of halogens is 1. The normalized spacial score (nSPS) is 9.64. The van der Waals surface area contributed by atoms with Gasteiger partial charge in [-0.25, -0.2) is 4.79 Å². The number of ether oxygens (including phenoxy) is 1. The highest BCUT2D eigenvalue weighted by Gasteiger charge is 2.20. The fraction of sp³-hybridized carbons (Fsp3) is 0.200. The van der Waals surface area contributed by atoms with Gasteiger partial charge in [0.2, 0.25) is 0 Å². The van der Waals surface area contributed by atoms with Gasteiger partial charge in [0.05, 0.1) is 7.11 Å². The topological polar surface area (TPSA) is 72.6 Å². The Labute approximate surface area is 66.5 Å². The molecule has 0 spiro atoms. The SMILES string of the molecule is COc1noc(C(=O)O)c1Cl. The van der Waals surface area contributed by atoms with E-state index in [4.69, 9.17) is 16.7 Å². The van der Waals surface area contributed by atoms with Gasteiger partial charge >= 0.3 is 5.97 Å². The molecule has 1 aromatic rings. The first-order valence-electron chi connectivity index (χ1n) is 2.59. The molecule has 0 bridgehead atoms. The first-order valence-corrected chi connectivity index (χ1v) is 2.97. The zero-order valence-corrected chi connectivity index (χ0v) is 6.25. The number of rotatable bonds is 2. The zero-order valence-electron chi connectivity index (χ0n) is 5.50. The van der Waals surface area contributed by atoms with Gasteiger partial charge in [-0.15, -0.1) is 0 Å². The average Bonchev–Trinajstić information content (AvgIpc) is 2.30. The van der Waals surface area contributed by atoms with Crippen molar-refractivity contribution in [1.82, 2.24) is 5.16 Å². The molecule has 0 saturated heterocycles. The van der Waals surface area contributed by atoms with E-state index in [1.54, 1.807) is 0 Å². The maximum atomic E-state index is 10.3. The van der Waals surface area contributed by atoms with Gasteiger partial charge in [0.15, 0.2) is 5.02 Å². The van der Waals surface area contributed by atoms with Crippen LogP contribution in [0.2, 0.25) is 5.02 Å². The summed E-state index contributed by atoms with van der Waals surface area (Å²) in [5.41, 5.74) is 0. The molecule has 0 aliphatic rings. The van der Waals surface area contributed by atoms with E-state index in [-0.39, 0.29) is 10.9 Å². The maximum absolute atomic E-state index is 10.3. The van der Waals surface area contributed by atoms with Crippen molar-refractivity contribution in [2.45, 2.75) is 0 Å². The fourth-order valence-corrected chi connectivity index (χ4v) is 0.751. The second kappa shape index (κ2) is 2.79. The van der Waals surface area contributed by atoms with Crippen molar-refractivity contribution in [2.75, 3.05) is 7.11 Å². The Morgan fingerprint density at radius 1 is 1.82 bits per heavy atom. The Kier molecular flexibility index (Phi) is 2.00. The molecule has 0 radical (unpaired) electrons. The number of carboxylic acid groups (broad SMARTS) is 1. The third kappa shape index (κ3) is 1.27. The molecule has 0 saturated carbocycles. The largest absolute Gasteiger partial charge is 0.478 e. The molecule has 5 nitrogen and oxygen atoms in total. The number of hydrogen-bond acceptors (Lipinski definition) is 4. The van der Waals surface area contributed by atoms with Crippen LogP contribution in [-0.2, 0) is 0 Å². The molecule has 0 fully saturated rings. The van der Waals surface area contributed by atoms with Crippen molar-refractivity contribution < 1.29 is 19.2 Å². The van der Waals surface area contributed by atoms with Crippen LogP contribution >= 0.6 is 11.6 Å². The van der Waals surface area contributed by atoms with Crippen molar-refractivity contribution in [1.29, 1.82) is 0 Å². The number of hydrogen-bond donors (Lipinski definition) is 1. The third-order valence-electron chi connectivity index (χ3n) is 0.995. The minimum absolute atomic E-state index is 0.0240. The molecule has 1 rings (SSSR count). The minimum atomic E-state index is -1.27. The number of carbonyl (C=O) groups is 1. The summed E-state index contributed by atoms with van der Waals surface area (Å²) in [4.78, 5) is 10.3. The van der Waals surface area contributed by atoms with Gasteiger partial charge in [-0.3, -0.25) is 0 Å². The number of carboxylic acids is 1. The molecule has 11 heavy (non-hydrogen) atoms. The quantitative estimate of drug-likeness (QED) is 0.731. The highest BCUT2D eigenvalue weighted by Crippen LogP contribution is 2.26. The van der Waals surface area contributed by atoms with E-state index in [0.29, 0.717) is 0 Å². The number of nitrogens with zero attached hydrogens (tertiary/aromatic N) is 1. The Hall–Kier alpha value is -1.23. The molecule has 60 valence electrons. The van der Waals surface area contributed by atoms with E-state index in [0.717, 1.165) is 0 Å². The summed E-state index contributed by atoms with van der Waals surface area (Å²) in [5.74, 6) is -1.71. The molecule has 1 heterocycles. The Balaban J connectivity index is 3.10. The van der Waals surface area contributed by atoms with E-state index in [1.807, 2.05) is 0 Å². The van der Waals surface area contributed by atoms with Crippen LogP contribution in [0.4, 0.5) is 0 Å². The molecular weight excluding hydrogens is 174 g/mol. The lowest BCUT2D eigenvalue weighted by atomic mass is 10.4. The second-order valence-electron chi connectivity index (χ2n) is 1.64. The Morgan fingerprint density at radius 2 is 2.45 bits per heavy atom. The van der Waals surface area contributed by atoms with E-state index in [1.165, 1.54) is 7.11 Å². The van der Waals surface area contributed by atoms with Gasteiger partial charge < -0.3 is 14.4 Å². The molecule has 1 aromatic heterocycles. The molecular formula is C5H4ClNO4. The van der Waals surface area contributed by atoms with Crippen LogP contribution in [0.5, 0.6) is 5.88 Å². The fourth-order valence-electron chi connectivity index (χ4n) is 0.524. The van der Waals surface area contributed by atoms with Gasteiger partial charge in [-0.2, -0.15) is 0 Å². The van der Waals surface area contributed by atoms with Crippen LogP contribution in [0, 0.1) is 0 Å². The van der Waals surface area contributed by atoms with Gasteiger partial charge in [0.1, 0.15) is 0 Å². The van der Waals surface area contributed by atoms with Crippen molar-refractivity contribution in [3.8, 4) is 5.88 Å². The first kappa shape index (κ1) is 7.87. The van der Waals surface area contributed by atoms with E-state index in [9.17, 15) is 4.79 Å². The molecule has 0 unspecified atom stereocenters. The maximum Gasteiger partial charge on any atom is 0.376 e. The van der Waals surface area contributed by atoms with Gasteiger partial charge in [0, 0.05) is 0 Å². The summed E-state index contributed by atoms with van der Waals surface area (Å²) in [6.45, 7) is 0. The summed E-state index contributed by atoms with van der Waals surface area (Å²) in [5, 5.41) is 11.5. The lowest BCUT2D eigenvalue weighted by molar-refractivity contribution is 0.0652. The molecule has 0 aliphatic heterocycles. The van der Waals surface area contributed by atoms with Crippen LogP contribution in [0.3, 0.4) is 0 Å². The Morgan fingerprint density at radius 3 is 2.73 bits per heavy atom. The zero-order chi connectivity index (χ0) is 8.43. The lowest BCUT2D eigenvalue weighted by Crippen LogP contribution is -1.93. The molecule has 0 atom stereocenters. The van der Waals surface area contributed by atoms with Crippen LogP contribution in [0.15, 0.2) is 4.52 Å².